The molecule has 0 amide bonds. The van der Waals surface area contributed by atoms with Crippen LogP contribution >= 0.6 is 27.3 Å². The van der Waals surface area contributed by atoms with E-state index in [-0.39, 0.29) is 11.9 Å². The van der Waals surface area contributed by atoms with Gasteiger partial charge in [-0.15, -0.1) is 11.3 Å². The van der Waals surface area contributed by atoms with Crippen molar-refractivity contribution in [2.45, 2.75) is 19.9 Å². The summed E-state index contributed by atoms with van der Waals surface area (Å²) in [5, 5.41) is 5.26. The van der Waals surface area contributed by atoms with Gasteiger partial charge in [-0.05, 0) is 49.1 Å². The number of anilines is 1. The summed E-state index contributed by atoms with van der Waals surface area (Å²) in [6.07, 6.45) is 0. The third kappa shape index (κ3) is 2.87. The van der Waals surface area contributed by atoms with Crippen molar-refractivity contribution in [3.05, 3.63) is 50.4 Å². The van der Waals surface area contributed by atoms with Crippen LogP contribution in [0.1, 0.15) is 23.4 Å². The highest BCUT2D eigenvalue weighted by molar-refractivity contribution is 9.10. The maximum atomic E-state index is 13.6. The van der Waals surface area contributed by atoms with Crippen molar-refractivity contribution in [1.82, 2.24) is 0 Å². The molecule has 0 radical (unpaired) electrons. The molecule has 17 heavy (non-hydrogen) atoms. The Morgan fingerprint density at radius 2 is 2.12 bits per heavy atom. The number of hydrogen-bond donors (Lipinski definition) is 1. The van der Waals surface area contributed by atoms with Crippen molar-refractivity contribution in [2.75, 3.05) is 5.32 Å². The largest absolute Gasteiger partial charge is 0.375 e. The maximum Gasteiger partial charge on any atom is 0.146 e. The van der Waals surface area contributed by atoms with Crippen LogP contribution < -0.4 is 5.32 Å². The zero-order valence-electron chi connectivity index (χ0n) is 9.63. The van der Waals surface area contributed by atoms with E-state index < -0.39 is 0 Å². The fraction of sp³-hybridized carbons (Fsp3) is 0.231. The van der Waals surface area contributed by atoms with Crippen molar-refractivity contribution in [3.8, 4) is 0 Å². The Bertz CT molecular complexity index is 524. The number of aryl methyl sites for hydroxylation is 1. The zero-order chi connectivity index (χ0) is 12.4. The Morgan fingerprint density at radius 1 is 1.35 bits per heavy atom. The summed E-state index contributed by atoms with van der Waals surface area (Å²) in [4.78, 5) is 1.24. The molecule has 1 nitrogen and oxygen atoms in total. The lowest BCUT2D eigenvalue weighted by atomic mass is 10.2. The van der Waals surface area contributed by atoms with E-state index in [1.165, 1.54) is 16.5 Å². The molecule has 0 aliphatic carbocycles. The van der Waals surface area contributed by atoms with Gasteiger partial charge in [-0.25, -0.2) is 4.39 Å². The minimum Gasteiger partial charge on any atom is -0.375 e. The first kappa shape index (κ1) is 12.6. The van der Waals surface area contributed by atoms with Crippen molar-refractivity contribution in [1.29, 1.82) is 0 Å². The Morgan fingerprint density at radius 3 is 2.76 bits per heavy atom. The van der Waals surface area contributed by atoms with Gasteiger partial charge in [-0.2, -0.15) is 0 Å². The molecule has 0 bridgehead atoms. The van der Waals surface area contributed by atoms with Crippen molar-refractivity contribution in [3.63, 3.8) is 0 Å². The molecular weight excluding hydrogens is 301 g/mol. The summed E-state index contributed by atoms with van der Waals surface area (Å²) in [7, 11) is 0. The van der Waals surface area contributed by atoms with Gasteiger partial charge in [0.1, 0.15) is 5.82 Å². The topological polar surface area (TPSA) is 12.0 Å². The number of rotatable bonds is 3. The molecular formula is C13H13BrFNS. The monoisotopic (exact) mass is 313 g/mol. The average molecular weight is 314 g/mol. The van der Waals surface area contributed by atoms with E-state index >= 15 is 0 Å². The molecule has 4 heteroatoms. The lowest BCUT2D eigenvalue weighted by molar-refractivity contribution is 0.627. The first-order valence-electron chi connectivity index (χ1n) is 5.33. The van der Waals surface area contributed by atoms with Gasteiger partial charge in [0, 0.05) is 9.35 Å². The maximum absolute atomic E-state index is 13.6. The molecule has 0 aliphatic rings. The van der Waals surface area contributed by atoms with Gasteiger partial charge in [0.25, 0.3) is 0 Å². The number of hydrogen-bond acceptors (Lipinski definition) is 2. The van der Waals surface area contributed by atoms with Crippen molar-refractivity contribution in [2.24, 2.45) is 0 Å². The standard InChI is InChI=1S/C13H13BrFNS/c1-8-5-6-17-13(8)9(2)16-12-7-10(14)3-4-11(12)15/h3-7,9,16H,1-2H3. The third-order valence-electron chi connectivity index (χ3n) is 2.60. The number of halogens is 2. The first-order chi connectivity index (χ1) is 8.08. The lowest BCUT2D eigenvalue weighted by Crippen LogP contribution is -2.07. The lowest BCUT2D eigenvalue weighted by Gasteiger charge is -2.15. The van der Waals surface area contributed by atoms with Crippen LogP contribution in [0.2, 0.25) is 0 Å². The molecule has 2 aromatic rings. The van der Waals surface area contributed by atoms with Crippen LogP contribution in [-0.4, -0.2) is 0 Å². The van der Waals surface area contributed by atoms with Crippen molar-refractivity contribution >= 4 is 33.0 Å². The van der Waals surface area contributed by atoms with Gasteiger partial charge in [0.05, 0.1) is 11.7 Å². The molecule has 0 aliphatic heterocycles. The Balaban J connectivity index is 2.21. The highest BCUT2D eigenvalue weighted by atomic mass is 79.9. The van der Waals surface area contributed by atoms with E-state index in [9.17, 15) is 4.39 Å². The highest BCUT2D eigenvalue weighted by Gasteiger charge is 2.12. The van der Waals surface area contributed by atoms with Gasteiger partial charge in [-0.1, -0.05) is 15.9 Å². The van der Waals surface area contributed by atoms with Crippen LogP contribution in [0.25, 0.3) is 0 Å². The first-order valence-corrected chi connectivity index (χ1v) is 7.01. The SMILES string of the molecule is Cc1ccsc1C(C)Nc1cc(Br)ccc1F. The van der Waals surface area contributed by atoms with Crippen LogP contribution in [0.5, 0.6) is 0 Å². The fourth-order valence-corrected chi connectivity index (χ4v) is 3.03. The second-order valence-corrected chi connectivity index (χ2v) is 5.82. The molecule has 0 fully saturated rings. The fourth-order valence-electron chi connectivity index (χ4n) is 1.73. The Labute approximate surface area is 113 Å². The van der Waals surface area contributed by atoms with E-state index in [1.807, 2.05) is 6.92 Å². The van der Waals surface area contributed by atoms with Gasteiger partial charge in [-0.3, -0.25) is 0 Å². The molecule has 0 spiro atoms. The molecule has 0 saturated carbocycles. The van der Waals surface area contributed by atoms with E-state index in [1.54, 1.807) is 23.5 Å². The van der Waals surface area contributed by atoms with Gasteiger partial charge < -0.3 is 5.32 Å². The van der Waals surface area contributed by atoms with Crippen LogP contribution in [0.3, 0.4) is 0 Å². The van der Waals surface area contributed by atoms with Crippen molar-refractivity contribution < 1.29 is 4.39 Å². The number of thiophene rings is 1. The third-order valence-corrected chi connectivity index (χ3v) is 4.29. The summed E-state index contributed by atoms with van der Waals surface area (Å²) >= 11 is 5.04. The second-order valence-electron chi connectivity index (χ2n) is 3.96. The molecule has 90 valence electrons. The van der Waals surface area contributed by atoms with Crippen LogP contribution in [0.4, 0.5) is 10.1 Å². The normalized spacial score (nSPS) is 12.5. The molecule has 1 atom stereocenters. The Kier molecular flexibility index (Phi) is 3.84. The molecule has 0 saturated heterocycles. The van der Waals surface area contributed by atoms with E-state index in [2.05, 4.69) is 39.6 Å². The van der Waals surface area contributed by atoms with Crippen LogP contribution in [0.15, 0.2) is 34.1 Å². The van der Waals surface area contributed by atoms with Gasteiger partial charge in [0.15, 0.2) is 0 Å². The molecule has 1 N–H and O–H groups in total. The molecule has 1 aromatic carbocycles. The van der Waals surface area contributed by atoms with Gasteiger partial charge in [0.2, 0.25) is 0 Å². The number of benzene rings is 1. The quantitative estimate of drug-likeness (QED) is 0.828. The molecule has 2 rings (SSSR count). The highest BCUT2D eigenvalue weighted by Crippen LogP contribution is 2.29. The molecule has 1 unspecified atom stereocenters. The predicted octanol–water partition coefficient (Wildman–Crippen LogP) is 5.13. The summed E-state index contributed by atoms with van der Waals surface area (Å²) in [6, 6.07) is 7.10. The second kappa shape index (κ2) is 5.19. The summed E-state index contributed by atoms with van der Waals surface area (Å²) in [5.41, 5.74) is 1.77. The summed E-state index contributed by atoms with van der Waals surface area (Å²) < 4.78 is 14.5. The molecule has 1 heterocycles. The predicted molar refractivity (Wildman–Crippen MR) is 75.2 cm³/mol. The number of nitrogens with one attached hydrogen (secondary N) is 1. The Hall–Kier alpha value is -0.870. The van der Waals surface area contributed by atoms with Gasteiger partial charge >= 0.3 is 0 Å². The van der Waals surface area contributed by atoms with E-state index in [0.717, 1.165) is 4.47 Å². The molecule has 1 aromatic heterocycles. The van der Waals surface area contributed by atoms with E-state index in [4.69, 9.17) is 0 Å². The minimum absolute atomic E-state index is 0.110. The average Bonchev–Trinajstić information content (AvgIpc) is 2.70. The van der Waals surface area contributed by atoms with E-state index in [0.29, 0.717) is 5.69 Å². The zero-order valence-corrected chi connectivity index (χ0v) is 12.0. The minimum atomic E-state index is -0.228. The summed E-state index contributed by atoms with van der Waals surface area (Å²) in [6.45, 7) is 4.11. The smallest absolute Gasteiger partial charge is 0.146 e. The van der Waals surface area contributed by atoms with Crippen LogP contribution in [-0.2, 0) is 0 Å². The summed E-state index contributed by atoms with van der Waals surface area (Å²) in [5.74, 6) is -0.228. The van der Waals surface area contributed by atoms with Crippen LogP contribution in [0, 0.1) is 12.7 Å².